The number of fused-ring (bicyclic) bond motifs is 1. The summed E-state index contributed by atoms with van der Waals surface area (Å²) in [6.07, 6.45) is 1.88. The first-order chi connectivity index (χ1) is 10.6. The van der Waals surface area contributed by atoms with Crippen molar-refractivity contribution in [2.75, 3.05) is 46.4 Å². The molecule has 2 heterocycles. The van der Waals surface area contributed by atoms with Crippen LogP contribution in [-0.2, 0) is 4.74 Å². The van der Waals surface area contributed by atoms with Crippen LogP contribution in [0.4, 0.5) is 0 Å². The summed E-state index contributed by atoms with van der Waals surface area (Å²) in [5, 5.41) is 0. The number of morpholine rings is 1. The lowest BCUT2D eigenvalue weighted by Gasteiger charge is -2.37. The number of likely N-dealkylation sites (N-methyl/N-ethyl adjacent to an activating group) is 1. The molecule has 0 spiro atoms. The lowest BCUT2D eigenvalue weighted by atomic mass is 10.1. The molecule has 0 radical (unpaired) electrons. The summed E-state index contributed by atoms with van der Waals surface area (Å²) in [7, 11) is 2.25. The molecule has 1 aromatic carbocycles. The number of ether oxygens (including phenoxy) is 1. The van der Waals surface area contributed by atoms with Crippen molar-refractivity contribution in [3.8, 4) is 0 Å². The van der Waals surface area contributed by atoms with Crippen molar-refractivity contribution in [3.63, 3.8) is 0 Å². The fourth-order valence-electron chi connectivity index (χ4n) is 3.21. The normalized spacial score (nSPS) is 19.4. The third-order valence-corrected chi connectivity index (χ3v) is 4.76. The molecule has 1 saturated heterocycles. The molecule has 1 aromatic rings. The Morgan fingerprint density at radius 3 is 2.17 bits per heavy atom. The summed E-state index contributed by atoms with van der Waals surface area (Å²) in [6.45, 7) is 5.35. The van der Waals surface area contributed by atoms with E-state index in [1.807, 2.05) is 0 Å². The summed E-state index contributed by atoms with van der Waals surface area (Å²) >= 11 is 0. The summed E-state index contributed by atoms with van der Waals surface area (Å²) < 4.78 is 6.43. The molecule has 6 heteroatoms. The number of carbonyl (C=O) groups excluding carboxylic acids is 2. The van der Waals surface area contributed by atoms with Crippen LogP contribution in [0.3, 0.4) is 0 Å². The van der Waals surface area contributed by atoms with Gasteiger partial charge < -0.3 is 33.2 Å². The van der Waals surface area contributed by atoms with E-state index in [9.17, 15) is 9.59 Å². The molecule has 2 amide bonds. The highest BCUT2D eigenvalue weighted by Crippen LogP contribution is 2.22. The highest BCUT2D eigenvalue weighted by atomic mass is 127. The number of hydrogen-bond acceptors (Lipinski definition) is 3. The van der Waals surface area contributed by atoms with Gasteiger partial charge in [0.1, 0.15) is 13.1 Å². The maximum atomic E-state index is 12.3. The standard InChI is InChI=1S/C17H23N2O3.HI/c1-19(10-12-22-13-11-19)9-5-4-8-18-16(20)14-6-2-3-7-15(14)17(18)21;/h2-3,6-7H,4-5,8-13H2,1H3;1H/q+1;/p-1. The largest absolute Gasteiger partial charge is 1.00 e. The van der Waals surface area contributed by atoms with Gasteiger partial charge in [-0.25, -0.2) is 0 Å². The summed E-state index contributed by atoms with van der Waals surface area (Å²) in [6, 6.07) is 7.07. The van der Waals surface area contributed by atoms with Crippen molar-refractivity contribution in [1.82, 2.24) is 4.90 Å². The Morgan fingerprint density at radius 1 is 1.04 bits per heavy atom. The third kappa shape index (κ3) is 3.92. The van der Waals surface area contributed by atoms with Crippen LogP contribution in [0, 0.1) is 0 Å². The molecule has 5 nitrogen and oxygen atoms in total. The number of unbranched alkanes of at least 4 members (excludes halogenated alkanes) is 1. The number of imide groups is 1. The van der Waals surface area contributed by atoms with Crippen molar-refractivity contribution in [2.45, 2.75) is 12.8 Å². The second-order valence-corrected chi connectivity index (χ2v) is 6.42. The van der Waals surface area contributed by atoms with Crippen molar-refractivity contribution < 1.29 is 42.8 Å². The van der Waals surface area contributed by atoms with Crippen LogP contribution in [0.5, 0.6) is 0 Å². The lowest BCUT2D eigenvalue weighted by Crippen LogP contribution is -3.00. The molecule has 0 unspecified atom stereocenters. The number of quaternary nitrogens is 1. The van der Waals surface area contributed by atoms with Crippen molar-refractivity contribution >= 4 is 11.8 Å². The molecule has 0 aliphatic carbocycles. The van der Waals surface area contributed by atoms with E-state index >= 15 is 0 Å². The molecule has 0 aromatic heterocycles. The first-order valence-electron chi connectivity index (χ1n) is 7.97. The number of amides is 2. The van der Waals surface area contributed by atoms with Crippen LogP contribution in [-0.4, -0.2) is 67.6 Å². The average molecular weight is 430 g/mol. The van der Waals surface area contributed by atoms with Gasteiger partial charge in [-0.15, -0.1) is 0 Å². The van der Waals surface area contributed by atoms with Crippen molar-refractivity contribution in [2.24, 2.45) is 0 Å². The van der Waals surface area contributed by atoms with Gasteiger partial charge in [0.05, 0.1) is 37.9 Å². The van der Waals surface area contributed by atoms with Crippen LogP contribution in [0.25, 0.3) is 0 Å². The molecule has 1 fully saturated rings. The number of benzene rings is 1. The zero-order valence-corrected chi connectivity index (χ0v) is 15.6. The minimum Gasteiger partial charge on any atom is -1.00 e. The summed E-state index contributed by atoms with van der Waals surface area (Å²) in [4.78, 5) is 25.9. The van der Waals surface area contributed by atoms with Gasteiger partial charge in [0, 0.05) is 6.54 Å². The van der Waals surface area contributed by atoms with Crippen LogP contribution in [0.2, 0.25) is 0 Å². The lowest BCUT2D eigenvalue weighted by molar-refractivity contribution is -0.917. The van der Waals surface area contributed by atoms with Gasteiger partial charge in [-0.05, 0) is 25.0 Å². The fraction of sp³-hybridized carbons (Fsp3) is 0.529. The van der Waals surface area contributed by atoms with Crippen LogP contribution < -0.4 is 24.0 Å². The molecule has 2 aliphatic heterocycles. The maximum Gasteiger partial charge on any atom is 0.261 e. The second-order valence-electron chi connectivity index (χ2n) is 6.42. The Balaban J connectivity index is 0.00000192. The quantitative estimate of drug-likeness (QED) is 0.249. The molecule has 0 N–H and O–H groups in total. The molecule has 3 rings (SSSR count). The molecule has 2 aliphatic rings. The van der Waals surface area contributed by atoms with E-state index in [2.05, 4.69) is 7.05 Å². The number of hydrogen-bond donors (Lipinski definition) is 0. The average Bonchev–Trinajstić information content (AvgIpc) is 2.77. The molecule has 0 bridgehead atoms. The number of carbonyl (C=O) groups is 2. The minimum atomic E-state index is -0.146. The molecule has 126 valence electrons. The topological polar surface area (TPSA) is 46.6 Å². The zero-order valence-electron chi connectivity index (χ0n) is 13.5. The fourth-order valence-corrected chi connectivity index (χ4v) is 3.21. The Morgan fingerprint density at radius 2 is 1.61 bits per heavy atom. The Bertz CT molecular complexity index is 550. The van der Waals surface area contributed by atoms with E-state index in [1.54, 1.807) is 24.3 Å². The van der Waals surface area contributed by atoms with Crippen molar-refractivity contribution in [1.29, 1.82) is 0 Å². The highest BCUT2D eigenvalue weighted by molar-refractivity contribution is 6.21. The van der Waals surface area contributed by atoms with E-state index in [4.69, 9.17) is 4.74 Å². The van der Waals surface area contributed by atoms with Crippen LogP contribution in [0.15, 0.2) is 24.3 Å². The van der Waals surface area contributed by atoms with E-state index < -0.39 is 0 Å². The minimum absolute atomic E-state index is 0. The van der Waals surface area contributed by atoms with Crippen LogP contribution in [0.1, 0.15) is 33.6 Å². The maximum absolute atomic E-state index is 12.3. The zero-order chi connectivity index (χ0) is 15.6. The molecule has 0 atom stereocenters. The number of nitrogens with zero attached hydrogens (tertiary/aromatic N) is 2. The van der Waals surface area contributed by atoms with Gasteiger partial charge in [-0.3, -0.25) is 14.5 Å². The van der Waals surface area contributed by atoms with Crippen LogP contribution >= 0.6 is 0 Å². The first kappa shape index (κ1) is 18.4. The smallest absolute Gasteiger partial charge is 0.261 e. The predicted molar refractivity (Wildman–Crippen MR) is 82.6 cm³/mol. The van der Waals surface area contributed by atoms with Gasteiger partial charge in [0.25, 0.3) is 11.8 Å². The number of rotatable bonds is 5. The van der Waals surface area contributed by atoms with E-state index in [-0.39, 0.29) is 35.8 Å². The van der Waals surface area contributed by atoms with Gasteiger partial charge in [0.15, 0.2) is 0 Å². The Kier molecular flexibility index (Phi) is 6.16. The van der Waals surface area contributed by atoms with Gasteiger partial charge >= 0.3 is 0 Å². The molecule has 0 saturated carbocycles. The predicted octanol–water partition coefficient (Wildman–Crippen LogP) is -1.46. The van der Waals surface area contributed by atoms with E-state index in [0.29, 0.717) is 17.7 Å². The van der Waals surface area contributed by atoms with E-state index in [1.165, 1.54) is 4.90 Å². The third-order valence-electron chi connectivity index (χ3n) is 4.76. The molecule has 23 heavy (non-hydrogen) atoms. The SMILES string of the molecule is C[N+]1(CCCCN2C(=O)c3ccccc3C2=O)CCOCC1.[I-]. The second kappa shape index (κ2) is 7.72. The molecular weight excluding hydrogens is 407 g/mol. The summed E-state index contributed by atoms with van der Waals surface area (Å²) in [5.41, 5.74) is 1.08. The highest BCUT2D eigenvalue weighted by Gasteiger charge is 2.34. The monoisotopic (exact) mass is 430 g/mol. The summed E-state index contributed by atoms with van der Waals surface area (Å²) in [5.74, 6) is -0.292. The van der Waals surface area contributed by atoms with Gasteiger partial charge in [0.2, 0.25) is 0 Å². The van der Waals surface area contributed by atoms with Crippen molar-refractivity contribution in [3.05, 3.63) is 35.4 Å². The van der Waals surface area contributed by atoms with Gasteiger partial charge in [-0.2, -0.15) is 0 Å². The Labute approximate surface area is 154 Å². The Hall–Kier alpha value is -0.990. The number of halogens is 1. The van der Waals surface area contributed by atoms with Gasteiger partial charge in [-0.1, -0.05) is 12.1 Å². The van der Waals surface area contributed by atoms with E-state index in [0.717, 1.165) is 50.2 Å². The first-order valence-corrected chi connectivity index (χ1v) is 7.97. The molecular formula is C17H23IN2O3.